The molecule has 0 aliphatic rings. The van der Waals surface area contributed by atoms with Gasteiger partial charge < -0.3 is 0 Å². The highest BCUT2D eigenvalue weighted by molar-refractivity contribution is 5.78. The van der Waals surface area contributed by atoms with Crippen LogP contribution >= 0.6 is 0 Å². The summed E-state index contributed by atoms with van der Waals surface area (Å²) in [5, 5.41) is 8.78. The molecule has 76 valence electrons. The molecule has 2 aromatic heterocycles. The summed E-state index contributed by atoms with van der Waals surface area (Å²) in [6.07, 6.45) is 6.61. The predicted octanol–water partition coefficient (Wildman–Crippen LogP) is 2.43. The van der Waals surface area contributed by atoms with Crippen LogP contribution in [0.15, 0.2) is 55.0 Å². The molecule has 0 aliphatic heterocycles. The smallest absolute Gasteiger partial charge is 0.0919 e. The van der Waals surface area contributed by atoms with Crippen molar-refractivity contribution in [3.05, 3.63) is 66.3 Å². The van der Waals surface area contributed by atoms with Crippen LogP contribution in [0.1, 0.15) is 11.3 Å². The van der Waals surface area contributed by atoms with Gasteiger partial charge in [0.05, 0.1) is 11.8 Å². The fraction of sp³-hybridized carbons (Fsp3) is 0. The summed E-state index contributed by atoms with van der Waals surface area (Å²) in [5.41, 5.74) is 2.45. The van der Waals surface area contributed by atoms with Crippen molar-refractivity contribution in [1.82, 2.24) is 9.97 Å². The average Bonchev–Trinajstić information content (AvgIpc) is 2.38. The highest BCUT2D eigenvalue weighted by Crippen LogP contribution is 2.19. The predicted molar refractivity (Wildman–Crippen MR) is 61.2 cm³/mol. The quantitative estimate of drug-likeness (QED) is 0.710. The van der Waals surface area contributed by atoms with Gasteiger partial charge in [-0.25, -0.2) is 0 Å². The molecule has 0 aliphatic carbocycles. The number of rotatable bonds is 2. The normalized spacial score (nSPS) is 10.8. The van der Waals surface area contributed by atoms with Crippen LogP contribution in [0.4, 0.5) is 0 Å². The third kappa shape index (κ3) is 2.12. The SMILES string of the molecule is N#C/C=C(/c1cccnc1)c1ccccn1. The first-order chi connectivity index (χ1) is 7.92. The molecule has 2 heterocycles. The molecule has 3 nitrogen and oxygen atoms in total. The van der Waals surface area contributed by atoms with Crippen molar-refractivity contribution < 1.29 is 0 Å². The summed E-state index contributed by atoms with van der Waals surface area (Å²) in [6, 6.07) is 11.4. The lowest BCUT2D eigenvalue weighted by molar-refractivity contribution is 1.25. The molecule has 0 bridgehead atoms. The first kappa shape index (κ1) is 10.1. The van der Waals surface area contributed by atoms with E-state index < -0.39 is 0 Å². The molecule has 0 atom stereocenters. The monoisotopic (exact) mass is 207 g/mol. The number of hydrogen-bond donors (Lipinski definition) is 0. The van der Waals surface area contributed by atoms with Crippen molar-refractivity contribution in [3.8, 4) is 6.07 Å². The Morgan fingerprint density at radius 1 is 1.19 bits per heavy atom. The van der Waals surface area contributed by atoms with E-state index >= 15 is 0 Å². The van der Waals surface area contributed by atoms with E-state index in [-0.39, 0.29) is 0 Å². The van der Waals surface area contributed by atoms with Crippen LogP contribution in [0.2, 0.25) is 0 Å². The van der Waals surface area contributed by atoms with E-state index in [0.29, 0.717) is 0 Å². The molecule has 2 aromatic rings. The van der Waals surface area contributed by atoms with Gasteiger partial charge >= 0.3 is 0 Å². The van der Waals surface area contributed by atoms with E-state index in [9.17, 15) is 0 Å². The molecular weight excluding hydrogens is 198 g/mol. The third-order valence-electron chi connectivity index (χ3n) is 2.12. The fourth-order valence-electron chi connectivity index (χ4n) is 1.41. The van der Waals surface area contributed by atoms with E-state index in [1.54, 1.807) is 18.6 Å². The lowest BCUT2D eigenvalue weighted by Gasteiger charge is -2.04. The number of nitriles is 1. The molecule has 0 N–H and O–H groups in total. The Balaban J connectivity index is 2.50. The maximum absolute atomic E-state index is 8.78. The van der Waals surface area contributed by atoms with Crippen LogP contribution in [-0.2, 0) is 0 Å². The summed E-state index contributed by atoms with van der Waals surface area (Å²) in [7, 11) is 0. The number of pyridine rings is 2. The Morgan fingerprint density at radius 3 is 2.75 bits per heavy atom. The lowest BCUT2D eigenvalue weighted by Crippen LogP contribution is -1.91. The number of allylic oxidation sites excluding steroid dienone is 1. The Labute approximate surface area is 93.7 Å². The van der Waals surface area contributed by atoms with Crippen LogP contribution in [0.3, 0.4) is 0 Å². The maximum atomic E-state index is 8.78. The second-order valence-electron chi connectivity index (χ2n) is 3.14. The van der Waals surface area contributed by atoms with Crippen LogP contribution in [0.25, 0.3) is 5.57 Å². The van der Waals surface area contributed by atoms with Crippen LogP contribution in [0, 0.1) is 11.3 Å². The minimum atomic E-state index is 0.775. The minimum absolute atomic E-state index is 0.775. The molecule has 0 spiro atoms. The second-order valence-corrected chi connectivity index (χ2v) is 3.14. The summed E-state index contributed by atoms with van der Waals surface area (Å²) in [5.74, 6) is 0. The van der Waals surface area contributed by atoms with Crippen molar-refractivity contribution in [2.75, 3.05) is 0 Å². The summed E-state index contributed by atoms with van der Waals surface area (Å²) < 4.78 is 0. The summed E-state index contributed by atoms with van der Waals surface area (Å²) >= 11 is 0. The van der Waals surface area contributed by atoms with Crippen molar-refractivity contribution in [1.29, 1.82) is 5.26 Å². The van der Waals surface area contributed by atoms with E-state index in [0.717, 1.165) is 16.8 Å². The zero-order valence-electron chi connectivity index (χ0n) is 8.54. The van der Waals surface area contributed by atoms with Gasteiger partial charge in [0.1, 0.15) is 0 Å². The zero-order chi connectivity index (χ0) is 11.2. The van der Waals surface area contributed by atoms with Gasteiger partial charge in [0, 0.05) is 35.8 Å². The first-order valence-corrected chi connectivity index (χ1v) is 4.83. The first-order valence-electron chi connectivity index (χ1n) is 4.83. The van der Waals surface area contributed by atoms with Gasteiger partial charge in [-0.2, -0.15) is 5.26 Å². The Hall–Kier alpha value is -2.47. The highest BCUT2D eigenvalue weighted by atomic mass is 14.7. The summed E-state index contributed by atoms with van der Waals surface area (Å²) in [4.78, 5) is 8.26. The Morgan fingerprint density at radius 2 is 2.12 bits per heavy atom. The minimum Gasteiger partial charge on any atom is -0.264 e. The average molecular weight is 207 g/mol. The van der Waals surface area contributed by atoms with Crippen molar-refractivity contribution >= 4 is 5.57 Å². The molecule has 0 saturated carbocycles. The molecule has 16 heavy (non-hydrogen) atoms. The molecule has 2 rings (SSSR count). The van der Waals surface area contributed by atoms with Crippen molar-refractivity contribution in [2.45, 2.75) is 0 Å². The van der Waals surface area contributed by atoms with E-state index in [2.05, 4.69) is 9.97 Å². The molecule has 0 unspecified atom stereocenters. The second kappa shape index (κ2) is 4.85. The Bertz CT molecular complexity index is 483. The van der Waals surface area contributed by atoms with E-state index in [1.807, 2.05) is 36.4 Å². The largest absolute Gasteiger partial charge is 0.264 e. The molecule has 0 radical (unpaired) electrons. The van der Waals surface area contributed by atoms with Crippen LogP contribution < -0.4 is 0 Å². The van der Waals surface area contributed by atoms with Gasteiger partial charge in [-0.3, -0.25) is 9.97 Å². The van der Waals surface area contributed by atoms with Gasteiger partial charge in [0.15, 0.2) is 0 Å². The fourth-order valence-corrected chi connectivity index (χ4v) is 1.41. The standard InChI is InChI=1S/C13H9N3/c14-7-6-12(11-4-3-8-15-10-11)13-5-1-2-9-16-13/h1-6,8-10H/b12-6-. The van der Waals surface area contributed by atoms with Gasteiger partial charge in [-0.15, -0.1) is 0 Å². The van der Waals surface area contributed by atoms with Gasteiger partial charge in [0.25, 0.3) is 0 Å². The van der Waals surface area contributed by atoms with Crippen LogP contribution in [-0.4, -0.2) is 9.97 Å². The molecule has 0 saturated heterocycles. The van der Waals surface area contributed by atoms with E-state index in [4.69, 9.17) is 5.26 Å². The molecule has 0 fully saturated rings. The number of nitrogens with zero attached hydrogens (tertiary/aromatic N) is 3. The third-order valence-corrected chi connectivity index (χ3v) is 2.12. The van der Waals surface area contributed by atoms with E-state index in [1.165, 1.54) is 6.08 Å². The van der Waals surface area contributed by atoms with Gasteiger partial charge in [-0.1, -0.05) is 12.1 Å². The molecule has 0 amide bonds. The number of hydrogen-bond acceptors (Lipinski definition) is 3. The van der Waals surface area contributed by atoms with Crippen molar-refractivity contribution in [2.24, 2.45) is 0 Å². The summed E-state index contributed by atoms with van der Waals surface area (Å²) in [6.45, 7) is 0. The topological polar surface area (TPSA) is 49.6 Å². The highest BCUT2D eigenvalue weighted by Gasteiger charge is 2.05. The van der Waals surface area contributed by atoms with Gasteiger partial charge in [-0.05, 0) is 18.2 Å². The molecular formula is C13H9N3. The van der Waals surface area contributed by atoms with Gasteiger partial charge in [0.2, 0.25) is 0 Å². The van der Waals surface area contributed by atoms with Crippen LogP contribution in [0.5, 0.6) is 0 Å². The zero-order valence-corrected chi connectivity index (χ0v) is 8.54. The number of aromatic nitrogens is 2. The lowest BCUT2D eigenvalue weighted by atomic mass is 10.0. The maximum Gasteiger partial charge on any atom is 0.0919 e. The van der Waals surface area contributed by atoms with Crippen molar-refractivity contribution in [3.63, 3.8) is 0 Å². The Kier molecular flexibility index (Phi) is 3.05. The molecule has 3 heteroatoms. The molecule has 0 aromatic carbocycles.